The van der Waals surface area contributed by atoms with Crippen LogP contribution in [0.1, 0.15) is 51.7 Å². The Morgan fingerprint density at radius 1 is 0.618 bits per heavy atom. The van der Waals surface area contributed by atoms with Gasteiger partial charge in [-0.1, -0.05) is 81.8 Å². The lowest BCUT2D eigenvalue weighted by molar-refractivity contribution is 0.332. The first-order chi connectivity index (χ1) is 16.2. The average Bonchev–Trinajstić information content (AvgIpc) is 3.16. The molecule has 0 aliphatic heterocycles. The third-order valence-corrected chi connectivity index (χ3v) is 8.16. The summed E-state index contributed by atoms with van der Waals surface area (Å²) in [6, 6.07) is 30.8. The number of fused-ring (bicyclic) bond motifs is 4. The Morgan fingerprint density at radius 3 is 2.12 bits per heavy atom. The Balaban J connectivity index is 1.61. The molecule has 0 spiro atoms. The van der Waals surface area contributed by atoms with Crippen LogP contribution in [-0.2, 0) is 10.8 Å². The molecule has 1 aliphatic carbocycles. The Hall–Kier alpha value is -3.03. The van der Waals surface area contributed by atoms with E-state index in [9.17, 15) is 0 Å². The molecule has 0 atom stereocenters. The smallest absolute Gasteiger partial charge is 0.0541 e. The van der Waals surface area contributed by atoms with E-state index < -0.39 is 0 Å². The van der Waals surface area contributed by atoms with Gasteiger partial charge >= 0.3 is 0 Å². The first kappa shape index (κ1) is 21.5. The standard InChI is InChI=1S/C32H30ClN/c1-31(2)16-17-32(3,4)28-20-24(13-14-27(28)31)34-29-11-6-5-10-25(29)26-19-22(12-15-30(26)34)21-8-7-9-23(33)18-21/h5-15,18-20H,16-17H2,1-4H3. The van der Waals surface area contributed by atoms with Crippen molar-refractivity contribution in [3.63, 3.8) is 0 Å². The predicted octanol–water partition coefficient (Wildman–Crippen LogP) is 9.45. The largest absolute Gasteiger partial charge is 0.309 e. The fourth-order valence-corrected chi connectivity index (χ4v) is 6.00. The van der Waals surface area contributed by atoms with Crippen molar-refractivity contribution in [3.05, 3.63) is 101 Å². The van der Waals surface area contributed by atoms with Gasteiger partial charge in [-0.2, -0.15) is 0 Å². The molecule has 0 unspecified atom stereocenters. The molecular formula is C32H30ClN. The molecule has 5 aromatic rings. The van der Waals surface area contributed by atoms with Crippen LogP contribution in [0.2, 0.25) is 5.02 Å². The lowest BCUT2D eigenvalue weighted by Crippen LogP contribution is -2.33. The summed E-state index contributed by atoms with van der Waals surface area (Å²) >= 11 is 6.29. The maximum Gasteiger partial charge on any atom is 0.0541 e. The summed E-state index contributed by atoms with van der Waals surface area (Å²) in [5.41, 5.74) is 9.43. The van der Waals surface area contributed by atoms with Gasteiger partial charge in [0.1, 0.15) is 0 Å². The predicted molar refractivity (Wildman–Crippen MR) is 147 cm³/mol. The summed E-state index contributed by atoms with van der Waals surface area (Å²) in [6.45, 7) is 9.57. The zero-order valence-corrected chi connectivity index (χ0v) is 21.1. The van der Waals surface area contributed by atoms with Gasteiger partial charge in [-0.3, -0.25) is 0 Å². The number of nitrogens with zero attached hydrogens (tertiary/aromatic N) is 1. The monoisotopic (exact) mass is 463 g/mol. The van der Waals surface area contributed by atoms with Gasteiger partial charge in [-0.05, 0) is 88.4 Å². The summed E-state index contributed by atoms with van der Waals surface area (Å²) in [5.74, 6) is 0. The van der Waals surface area contributed by atoms with Gasteiger partial charge in [0.2, 0.25) is 0 Å². The van der Waals surface area contributed by atoms with Crippen LogP contribution in [0.25, 0.3) is 38.6 Å². The highest BCUT2D eigenvalue weighted by Crippen LogP contribution is 2.47. The lowest BCUT2D eigenvalue weighted by atomic mass is 9.63. The number of halogens is 1. The molecule has 0 saturated carbocycles. The summed E-state index contributed by atoms with van der Waals surface area (Å²) in [6.07, 6.45) is 2.45. The van der Waals surface area contributed by atoms with Crippen LogP contribution in [0, 0.1) is 0 Å². The molecule has 0 bridgehead atoms. The van der Waals surface area contributed by atoms with Crippen LogP contribution in [0.4, 0.5) is 0 Å². The average molecular weight is 464 g/mol. The second-order valence-electron chi connectivity index (χ2n) is 11.1. The quantitative estimate of drug-likeness (QED) is 0.245. The van der Waals surface area contributed by atoms with Crippen LogP contribution in [0.5, 0.6) is 0 Å². The zero-order valence-electron chi connectivity index (χ0n) is 20.3. The maximum absolute atomic E-state index is 6.29. The number of aromatic nitrogens is 1. The summed E-state index contributed by atoms with van der Waals surface area (Å²) in [7, 11) is 0. The topological polar surface area (TPSA) is 4.93 Å². The molecular weight excluding hydrogens is 434 g/mol. The number of hydrogen-bond acceptors (Lipinski definition) is 0. The second kappa shape index (κ2) is 7.48. The van der Waals surface area contributed by atoms with Crippen LogP contribution >= 0.6 is 11.6 Å². The molecule has 1 nitrogen and oxygen atoms in total. The first-order valence-electron chi connectivity index (χ1n) is 12.2. The molecule has 0 N–H and O–H groups in total. The van der Waals surface area contributed by atoms with E-state index in [1.807, 2.05) is 18.2 Å². The summed E-state index contributed by atoms with van der Waals surface area (Å²) < 4.78 is 2.43. The highest BCUT2D eigenvalue weighted by atomic mass is 35.5. The third kappa shape index (κ3) is 3.29. The van der Waals surface area contributed by atoms with Gasteiger partial charge in [-0.15, -0.1) is 0 Å². The first-order valence-corrected chi connectivity index (χ1v) is 12.6. The van der Waals surface area contributed by atoms with E-state index in [2.05, 4.69) is 99.0 Å². The minimum absolute atomic E-state index is 0.180. The normalized spacial score (nSPS) is 16.6. The number of para-hydroxylation sites is 1. The fraction of sp³-hybridized carbons (Fsp3) is 0.250. The van der Waals surface area contributed by atoms with Gasteiger partial charge in [0.05, 0.1) is 11.0 Å². The zero-order chi connectivity index (χ0) is 23.7. The number of hydrogen-bond donors (Lipinski definition) is 0. The molecule has 0 fully saturated rings. The summed E-state index contributed by atoms with van der Waals surface area (Å²) in [4.78, 5) is 0. The molecule has 1 aromatic heterocycles. The van der Waals surface area contributed by atoms with Gasteiger partial charge in [-0.25, -0.2) is 0 Å². The Labute approximate surface area is 207 Å². The molecule has 6 rings (SSSR count). The SMILES string of the molecule is CC1(C)CCC(C)(C)c2cc(-n3c4ccccc4c4cc(-c5cccc(Cl)c5)ccc43)ccc21. The van der Waals surface area contributed by atoms with Crippen molar-refractivity contribution in [2.45, 2.75) is 51.4 Å². The van der Waals surface area contributed by atoms with Gasteiger partial charge in [0.25, 0.3) is 0 Å². The number of rotatable bonds is 2. The maximum atomic E-state index is 6.29. The molecule has 1 heterocycles. The van der Waals surface area contributed by atoms with Crippen molar-refractivity contribution < 1.29 is 0 Å². The van der Waals surface area contributed by atoms with E-state index in [0.29, 0.717) is 0 Å². The van der Waals surface area contributed by atoms with E-state index in [4.69, 9.17) is 11.6 Å². The van der Waals surface area contributed by atoms with E-state index >= 15 is 0 Å². The lowest BCUT2D eigenvalue weighted by Gasteiger charge is -2.42. The van der Waals surface area contributed by atoms with Crippen LogP contribution < -0.4 is 0 Å². The molecule has 170 valence electrons. The number of benzene rings is 4. The van der Waals surface area contributed by atoms with Gasteiger partial charge < -0.3 is 4.57 Å². The molecule has 2 heteroatoms. The van der Waals surface area contributed by atoms with Crippen molar-refractivity contribution in [2.75, 3.05) is 0 Å². The van der Waals surface area contributed by atoms with Crippen molar-refractivity contribution in [2.24, 2.45) is 0 Å². The molecule has 0 saturated heterocycles. The molecule has 34 heavy (non-hydrogen) atoms. The highest BCUT2D eigenvalue weighted by Gasteiger charge is 2.37. The molecule has 4 aromatic carbocycles. The molecule has 0 amide bonds. The fourth-order valence-electron chi connectivity index (χ4n) is 5.81. The Morgan fingerprint density at radius 2 is 1.32 bits per heavy atom. The molecule has 1 aliphatic rings. The summed E-state index contributed by atoms with van der Waals surface area (Å²) in [5, 5.41) is 3.31. The van der Waals surface area contributed by atoms with Crippen molar-refractivity contribution in [1.29, 1.82) is 0 Å². The van der Waals surface area contributed by atoms with E-state index in [1.54, 1.807) is 0 Å². The minimum atomic E-state index is 0.180. The van der Waals surface area contributed by atoms with Crippen molar-refractivity contribution in [3.8, 4) is 16.8 Å². The van der Waals surface area contributed by atoms with E-state index in [-0.39, 0.29) is 10.8 Å². The van der Waals surface area contributed by atoms with Crippen molar-refractivity contribution in [1.82, 2.24) is 4.57 Å². The Bertz CT molecular complexity index is 1570. The van der Waals surface area contributed by atoms with Crippen LogP contribution in [0.15, 0.2) is 84.9 Å². The van der Waals surface area contributed by atoms with Gasteiger partial charge in [0, 0.05) is 21.5 Å². The van der Waals surface area contributed by atoms with Crippen LogP contribution in [-0.4, -0.2) is 4.57 Å². The third-order valence-electron chi connectivity index (χ3n) is 7.93. The van der Waals surface area contributed by atoms with Crippen molar-refractivity contribution >= 4 is 33.4 Å². The molecule has 0 radical (unpaired) electrons. The van der Waals surface area contributed by atoms with E-state index in [1.165, 1.54) is 57.0 Å². The minimum Gasteiger partial charge on any atom is -0.309 e. The van der Waals surface area contributed by atoms with Crippen LogP contribution in [0.3, 0.4) is 0 Å². The second-order valence-corrected chi connectivity index (χ2v) is 11.5. The Kier molecular flexibility index (Phi) is 4.73. The van der Waals surface area contributed by atoms with E-state index in [0.717, 1.165) is 10.6 Å². The highest BCUT2D eigenvalue weighted by molar-refractivity contribution is 6.30. The van der Waals surface area contributed by atoms with Gasteiger partial charge in [0.15, 0.2) is 0 Å².